The van der Waals surface area contributed by atoms with Gasteiger partial charge >= 0.3 is 0 Å². The number of ether oxygens (including phenoxy) is 2. The largest absolute Gasteiger partial charge is 0.354 e. The maximum atomic E-state index is 13.3. The second-order valence-electron chi connectivity index (χ2n) is 7.05. The van der Waals surface area contributed by atoms with Crippen LogP contribution >= 0.6 is 0 Å². The molecule has 10 heteroatoms. The number of nitrogens with zero attached hydrogens (tertiary/aromatic N) is 2. The van der Waals surface area contributed by atoms with E-state index < -0.39 is 40.0 Å². The first kappa shape index (κ1) is 23.0. The molecular weight excluding hydrogens is 427 g/mol. The molecule has 0 saturated carbocycles. The summed E-state index contributed by atoms with van der Waals surface area (Å²) in [6, 6.07) is 9.68. The van der Waals surface area contributed by atoms with Crippen LogP contribution in [0.1, 0.15) is 12.0 Å². The molecule has 3 rings (SSSR count). The molecule has 1 saturated heterocycles. The highest BCUT2D eigenvalue weighted by Gasteiger charge is 2.47. The van der Waals surface area contributed by atoms with Gasteiger partial charge in [0.25, 0.3) is 5.91 Å². The highest BCUT2D eigenvalue weighted by atomic mass is 32.2. The molecular formula is C21H23FN2O6S. The van der Waals surface area contributed by atoms with Gasteiger partial charge in [0.2, 0.25) is 15.9 Å². The number of aryl methyl sites for hydroxylation is 1. The number of halogens is 1. The first-order valence-electron chi connectivity index (χ1n) is 9.45. The Balaban J connectivity index is 2.01. The van der Waals surface area contributed by atoms with Gasteiger partial charge in [0.15, 0.2) is 6.29 Å². The molecule has 8 nitrogen and oxygen atoms in total. The molecule has 0 N–H and O–H groups in total. The average molecular weight is 450 g/mol. The number of benzene rings is 2. The summed E-state index contributed by atoms with van der Waals surface area (Å²) in [5.74, 6) is -1.80. The monoisotopic (exact) mass is 450 g/mol. The standard InChI is InChI=1S/C21H23FN2O6S/c1-14-4-8-16(9-5-14)24-19(25)12-18(21(24)26)23(13-20(29-2)30-3)31(27,28)17-10-6-15(22)7-11-17/h4-11,18,20H,12-13H2,1-3H3. The summed E-state index contributed by atoms with van der Waals surface area (Å²) in [6.07, 6.45) is -1.32. The van der Waals surface area contributed by atoms with Crippen LogP contribution in [0.15, 0.2) is 53.4 Å². The van der Waals surface area contributed by atoms with Crippen molar-refractivity contribution in [1.82, 2.24) is 4.31 Å². The normalized spacial score (nSPS) is 17.2. The summed E-state index contributed by atoms with van der Waals surface area (Å²) in [7, 11) is -1.62. The fourth-order valence-corrected chi connectivity index (χ4v) is 4.90. The first-order valence-corrected chi connectivity index (χ1v) is 10.9. The average Bonchev–Trinajstić information content (AvgIpc) is 3.03. The zero-order chi connectivity index (χ0) is 22.8. The van der Waals surface area contributed by atoms with Crippen LogP contribution in [0.5, 0.6) is 0 Å². The lowest BCUT2D eigenvalue weighted by molar-refractivity contribution is -0.125. The van der Waals surface area contributed by atoms with E-state index in [1.54, 1.807) is 24.3 Å². The number of amides is 2. The number of hydrogen-bond acceptors (Lipinski definition) is 6. The van der Waals surface area contributed by atoms with E-state index in [4.69, 9.17) is 9.47 Å². The molecule has 2 aromatic carbocycles. The van der Waals surface area contributed by atoms with Crippen molar-refractivity contribution in [2.45, 2.75) is 30.6 Å². The van der Waals surface area contributed by atoms with Gasteiger partial charge in [0.1, 0.15) is 11.9 Å². The fourth-order valence-electron chi connectivity index (χ4n) is 3.33. The Morgan fingerprint density at radius 3 is 2.19 bits per heavy atom. The van der Waals surface area contributed by atoms with E-state index in [-0.39, 0.29) is 17.9 Å². The zero-order valence-corrected chi connectivity index (χ0v) is 18.1. The number of carbonyl (C=O) groups excluding carboxylic acids is 2. The number of carbonyl (C=O) groups is 2. The molecule has 2 amide bonds. The van der Waals surface area contributed by atoms with Crippen molar-refractivity contribution in [2.24, 2.45) is 0 Å². The highest BCUT2D eigenvalue weighted by molar-refractivity contribution is 7.89. The lowest BCUT2D eigenvalue weighted by atomic mass is 10.2. The lowest BCUT2D eigenvalue weighted by Crippen LogP contribution is -2.49. The van der Waals surface area contributed by atoms with Crippen LogP contribution < -0.4 is 4.90 Å². The van der Waals surface area contributed by atoms with Gasteiger partial charge in [0.05, 0.1) is 23.5 Å². The number of anilines is 1. The van der Waals surface area contributed by atoms with E-state index in [2.05, 4.69) is 0 Å². The topological polar surface area (TPSA) is 93.2 Å². The Labute approximate surface area is 180 Å². The van der Waals surface area contributed by atoms with E-state index in [1.165, 1.54) is 14.2 Å². The molecule has 1 fully saturated rings. The summed E-state index contributed by atoms with van der Waals surface area (Å²) in [6.45, 7) is 1.53. The van der Waals surface area contributed by atoms with Crippen molar-refractivity contribution in [3.05, 3.63) is 59.9 Å². The quantitative estimate of drug-likeness (QED) is 0.452. The van der Waals surface area contributed by atoms with Crippen LogP contribution in [-0.2, 0) is 29.1 Å². The van der Waals surface area contributed by atoms with E-state index >= 15 is 0 Å². The van der Waals surface area contributed by atoms with Gasteiger partial charge in [0, 0.05) is 14.2 Å². The van der Waals surface area contributed by atoms with E-state index in [1.807, 2.05) is 6.92 Å². The minimum atomic E-state index is -4.28. The number of rotatable bonds is 8. The van der Waals surface area contributed by atoms with Gasteiger partial charge in [-0.2, -0.15) is 4.31 Å². The number of hydrogen-bond donors (Lipinski definition) is 0. The number of methoxy groups -OCH3 is 2. The van der Waals surface area contributed by atoms with Gasteiger partial charge in [-0.05, 0) is 43.3 Å². The second-order valence-corrected chi connectivity index (χ2v) is 8.94. The van der Waals surface area contributed by atoms with Crippen molar-refractivity contribution in [3.8, 4) is 0 Å². The molecule has 31 heavy (non-hydrogen) atoms. The SMILES string of the molecule is COC(CN(C1CC(=O)N(c2ccc(C)cc2)C1=O)S(=O)(=O)c1ccc(F)cc1)OC. The molecule has 1 atom stereocenters. The van der Waals surface area contributed by atoms with Crippen LogP contribution in [0, 0.1) is 12.7 Å². The molecule has 0 radical (unpaired) electrons. The lowest BCUT2D eigenvalue weighted by Gasteiger charge is -2.29. The van der Waals surface area contributed by atoms with Crippen LogP contribution in [-0.4, -0.2) is 57.6 Å². The summed E-state index contributed by atoms with van der Waals surface area (Å²) >= 11 is 0. The van der Waals surface area contributed by atoms with Gasteiger partial charge in [-0.15, -0.1) is 0 Å². The smallest absolute Gasteiger partial charge is 0.252 e. The molecule has 0 bridgehead atoms. The Kier molecular flexibility index (Phi) is 6.85. The molecule has 1 unspecified atom stereocenters. The maximum Gasteiger partial charge on any atom is 0.252 e. The Morgan fingerprint density at radius 1 is 1.06 bits per heavy atom. The fraction of sp³-hybridized carbons (Fsp3) is 0.333. The van der Waals surface area contributed by atoms with E-state index in [9.17, 15) is 22.4 Å². The predicted octanol–water partition coefficient (Wildman–Crippen LogP) is 2.08. The molecule has 0 aliphatic carbocycles. The van der Waals surface area contributed by atoms with Crippen molar-refractivity contribution in [1.29, 1.82) is 0 Å². The van der Waals surface area contributed by atoms with Crippen molar-refractivity contribution in [2.75, 3.05) is 25.7 Å². The molecule has 2 aromatic rings. The Morgan fingerprint density at radius 2 is 1.65 bits per heavy atom. The Bertz CT molecular complexity index is 1050. The molecule has 1 heterocycles. The van der Waals surface area contributed by atoms with Crippen molar-refractivity contribution < 1.29 is 31.9 Å². The number of sulfonamides is 1. The van der Waals surface area contributed by atoms with Crippen LogP contribution in [0.2, 0.25) is 0 Å². The van der Waals surface area contributed by atoms with Crippen LogP contribution in [0.25, 0.3) is 0 Å². The molecule has 166 valence electrons. The third-order valence-corrected chi connectivity index (χ3v) is 6.93. The summed E-state index contributed by atoms with van der Waals surface area (Å²) in [5, 5.41) is 0. The predicted molar refractivity (Wildman–Crippen MR) is 110 cm³/mol. The van der Waals surface area contributed by atoms with Crippen LogP contribution in [0.3, 0.4) is 0 Å². The van der Waals surface area contributed by atoms with Crippen LogP contribution in [0.4, 0.5) is 10.1 Å². The van der Waals surface area contributed by atoms with Gasteiger partial charge in [-0.3, -0.25) is 9.59 Å². The summed E-state index contributed by atoms with van der Waals surface area (Å²) in [4.78, 5) is 26.6. The minimum Gasteiger partial charge on any atom is -0.354 e. The zero-order valence-electron chi connectivity index (χ0n) is 17.3. The molecule has 1 aliphatic rings. The van der Waals surface area contributed by atoms with Crippen molar-refractivity contribution in [3.63, 3.8) is 0 Å². The Hall–Kier alpha value is -2.66. The van der Waals surface area contributed by atoms with Gasteiger partial charge in [-0.25, -0.2) is 17.7 Å². The maximum absolute atomic E-state index is 13.3. The molecule has 0 spiro atoms. The first-order chi connectivity index (χ1) is 14.7. The van der Waals surface area contributed by atoms with E-state index in [0.717, 1.165) is 39.0 Å². The van der Waals surface area contributed by atoms with Gasteiger partial charge < -0.3 is 9.47 Å². The summed E-state index contributed by atoms with van der Waals surface area (Å²) in [5.41, 5.74) is 1.31. The number of imide groups is 1. The highest BCUT2D eigenvalue weighted by Crippen LogP contribution is 2.30. The molecule has 0 aromatic heterocycles. The van der Waals surface area contributed by atoms with Crippen molar-refractivity contribution >= 4 is 27.5 Å². The summed E-state index contributed by atoms with van der Waals surface area (Å²) < 4.78 is 51.2. The molecule has 1 aliphatic heterocycles. The second kappa shape index (κ2) is 9.23. The van der Waals surface area contributed by atoms with E-state index in [0.29, 0.717) is 5.69 Å². The third-order valence-electron chi connectivity index (χ3n) is 5.04. The third kappa shape index (κ3) is 4.67. The van der Waals surface area contributed by atoms with Gasteiger partial charge in [-0.1, -0.05) is 17.7 Å². The minimum absolute atomic E-state index is 0.214.